The lowest BCUT2D eigenvalue weighted by Crippen LogP contribution is -1.87. The summed E-state index contributed by atoms with van der Waals surface area (Å²) >= 11 is 0. The van der Waals surface area contributed by atoms with Crippen molar-refractivity contribution in [2.75, 3.05) is 12.5 Å². The van der Waals surface area contributed by atoms with Gasteiger partial charge in [-0.2, -0.15) is 5.10 Å². The Morgan fingerprint density at radius 3 is 2.85 bits per heavy atom. The normalized spacial score (nSPS) is 11.8. The number of nitrogens with two attached hydrogens (primary N) is 1. The van der Waals surface area contributed by atoms with Crippen LogP contribution in [-0.4, -0.2) is 13.3 Å². The van der Waals surface area contributed by atoms with E-state index >= 15 is 0 Å². The lowest BCUT2D eigenvalue weighted by atomic mass is 10.2. The van der Waals surface area contributed by atoms with E-state index in [2.05, 4.69) is 16.3 Å². The number of fused-ring (bicyclic) bond motifs is 1. The van der Waals surface area contributed by atoms with E-state index in [-0.39, 0.29) is 0 Å². The molecule has 0 radical (unpaired) electrons. The van der Waals surface area contributed by atoms with Crippen LogP contribution in [0.15, 0.2) is 35.4 Å². The predicted octanol–water partition coefficient (Wildman–Crippen LogP) is 1.69. The van der Waals surface area contributed by atoms with E-state index in [1.807, 2.05) is 36.4 Å². The molecule has 1 aliphatic heterocycles. The van der Waals surface area contributed by atoms with E-state index in [1.54, 1.807) is 6.21 Å². The van der Waals surface area contributed by atoms with E-state index in [1.165, 1.54) is 12.6 Å². The van der Waals surface area contributed by atoms with Crippen LogP contribution in [0.5, 0.6) is 0 Å². The fourth-order valence-corrected chi connectivity index (χ4v) is 1.04. The molecule has 2 rings (SSSR count). The third-order valence-electron chi connectivity index (χ3n) is 1.58. The van der Waals surface area contributed by atoms with Crippen molar-refractivity contribution < 1.29 is 0 Å². The molecule has 13 heavy (non-hydrogen) atoms. The molecular weight excluding hydrogens is 162 g/mol. The van der Waals surface area contributed by atoms with Gasteiger partial charge < -0.3 is 5.73 Å². The Kier molecular flexibility index (Phi) is 3.73. The Hall–Kier alpha value is -1.61. The second-order valence-electron chi connectivity index (χ2n) is 2.34. The largest absolute Gasteiger partial charge is 0.333 e. The van der Waals surface area contributed by atoms with Crippen molar-refractivity contribution in [3.8, 4) is 0 Å². The number of hydrazone groups is 1. The summed E-state index contributed by atoms with van der Waals surface area (Å²) in [6.45, 7) is 0. The highest BCUT2D eigenvalue weighted by atomic mass is 15.3. The molecule has 0 atom stereocenters. The van der Waals surface area contributed by atoms with Crippen molar-refractivity contribution in [3.63, 3.8) is 0 Å². The molecule has 1 aliphatic rings. The van der Waals surface area contributed by atoms with Gasteiger partial charge in [-0.15, -0.1) is 0 Å². The number of rotatable bonds is 0. The summed E-state index contributed by atoms with van der Waals surface area (Å²) in [7, 11) is 1.50. The molecule has 1 heterocycles. The smallest absolute Gasteiger partial charge is 0.0634 e. The highest BCUT2D eigenvalue weighted by Gasteiger charge is 1.96. The third kappa shape index (κ3) is 2.42. The molecule has 0 aliphatic carbocycles. The topological polar surface area (TPSA) is 50.4 Å². The summed E-state index contributed by atoms with van der Waals surface area (Å²) in [5, 5.41) is 3.95. The minimum Gasteiger partial charge on any atom is -0.333 e. The molecule has 0 amide bonds. The van der Waals surface area contributed by atoms with E-state index in [4.69, 9.17) is 0 Å². The molecule has 0 bridgehead atoms. The lowest BCUT2D eigenvalue weighted by Gasteiger charge is -2.00. The van der Waals surface area contributed by atoms with Gasteiger partial charge >= 0.3 is 0 Å². The quantitative estimate of drug-likeness (QED) is 0.630. The number of hydrogen-bond donors (Lipinski definition) is 2. The van der Waals surface area contributed by atoms with Gasteiger partial charge in [0, 0.05) is 6.21 Å². The molecule has 0 saturated heterocycles. The first-order valence-electron chi connectivity index (χ1n) is 4.09. The van der Waals surface area contributed by atoms with Gasteiger partial charge in [0.1, 0.15) is 0 Å². The summed E-state index contributed by atoms with van der Waals surface area (Å²) in [5.74, 6) is 0. The number of anilines is 1. The van der Waals surface area contributed by atoms with Gasteiger partial charge in [-0.05, 0) is 24.8 Å². The average Bonchev–Trinajstić information content (AvgIpc) is 2.45. The van der Waals surface area contributed by atoms with Crippen LogP contribution >= 0.6 is 0 Å². The van der Waals surface area contributed by atoms with Gasteiger partial charge in [0.2, 0.25) is 0 Å². The molecule has 3 N–H and O–H groups in total. The Morgan fingerprint density at radius 2 is 2.00 bits per heavy atom. The van der Waals surface area contributed by atoms with Gasteiger partial charge in [0.15, 0.2) is 0 Å². The maximum Gasteiger partial charge on any atom is 0.0634 e. The Morgan fingerprint density at radius 1 is 1.23 bits per heavy atom. The summed E-state index contributed by atoms with van der Waals surface area (Å²) < 4.78 is 0. The van der Waals surface area contributed by atoms with Crippen LogP contribution in [0.2, 0.25) is 0 Å². The van der Waals surface area contributed by atoms with Gasteiger partial charge in [0.25, 0.3) is 0 Å². The van der Waals surface area contributed by atoms with Crippen molar-refractivity contribution >= 4 is 18.0 Å². The summed E-state index contributed by atoms with van der Waals surface area (Å²) in [5.41, 5.74) is 9.66. The van der Waals surface area contributed by atoms with Crippen LogP contribution < -0.4 is 11.2 Å². The fourth-order valence-electron chi connectivity index (χ4n) is 1.04. The minimum atomic E-state index is 1.05. The maximum absolute atomic E-state index is 4.50. The Bertz CT molecular complexity index is 316. The van der Waals surface area contributed by atoms with E-state index < -0.39 is 0 Å². The number of hydrogen-bond acceptors (Lipinski definition) is 3. The molecule has 68 valence electrons. The standard InChI is InChI=1S/C9H8N2.CH5N/c1-2-6-9-8(4-1)5-3-7-10-11-9;1-2/h1-7,11H;2H2,1H3. The van der Waals surface area contributed by atoms with Crippen molar-refractivity contribution in [1.82, 2.24) is 0 Å². The molecular formula is C10H13N3. The van der Waals surface area contributed by atoms with Crippen LogP contribution in [-0.2, 0) is 0 Å². The second kappa shape index (κ2) is 5.11. The zero-order valence-corrected chi connectivity index (χ0v) is 7.57. The van der Waals surface area contributed by atoms with Crippen LogP contribution in [0.1, 0.15) is 5.56 Å². The van der Waals surface area contributed by atoms with Crippen LogP contribution in [0.4, 0.5) is 5.69 Å². The van der Waals surface area contributed by atoms with E-state index in [0.29, 0.717) is 0 Å². The highest BCUT2D eigenvalue weighted by molar-refractivity contribution is 5.83. The van der Waals surface area contributed by atoms with Crippen molar-refractivity contribution in [1.29, 1.82) is 0 Å². The fraction of sp³-hybridized carbons (Fsp3) is 0.100. The monoisotopic (exact) mass is 175 g/mol. The number of para-hydroxylation sites is 1. The average molecular weight is 175 g/mol. The zero-order chi connectivity index (χ0) is 9.52. The maximum atomic E-state index is 4.50. The van der Waals surface area contributed by atoms with Crippen LogP contribution in [0.3, 0.4) is 0 Å². The SMILES string of the molecule is C1=Cc2ccccc2NN=C1.CN. The molecule has 1 aromatic carbocycles. The molecule has 3 nitrogen and oxygen atoms in total. The second-order valence-corrected chi connectivity index (χ2v) is 2.34. The number of allylic oxidation sites excluding steroid dienone is 1. The molecule has 0 saturated carbocycles. The molecule has 0 unspecified atom stereocenters. The first kappa shape index (κ1) is 9.48. The van der Waals surface area contributed by atoms with Gasteiger partial charge in [-0.1, -0.05) is 24.3 Å². The number of nitrogens with one attached hydrogen (secondary N) is 1. The van der Waals surface area contributed by atoms with Crippen molar-refractivity contribution in [3.05, 3.63) is 35.9 Å². The third-order valence-corrected chi connectivity index (χ3v) is 1.58. The van der Waals surface area contributed by atoms with Crippen molar-refractivity contribution in [2.45, 2.75) is 0 Å². The van der Waals surface area contributed by atoms with Crippen LogP contribution in [0.25, 0.3) is 6.08 Å². The van der Waals surface area contributed by atoms with E-state index in [0.717, 1.165) is 5.69 Å². The molecule has 0 spiro atoms. The first-order chi connectivity index (χ1) is 6.47. The predicted molar refractivity (Wildman–Crippen MR) is 57.7 cm³/mol. The molecule has 0 aromatic heterocycles. The summed E-state index contributed by atoms with van der Waals surface area (Å²) in [6, 6.07) is 8.05. The van der Waals surface area contributed by atoms with Crippen LogP contribution in [0, 0.1) is 0 Å². The summed E-state index contributed by atoms with van der Waals surface area (Å²) in [6.07, 6.45) is 5.68. The molecule has 0 fully saturated rings. The molecule has 3 heteroatoms. The molecule has 1 aromatic rings. The van der Waals surface area contributed by atoms with Crippen molar-refractivity contribution in [2.24, 2.45) is 10.8 Å². The van der Waals surface area contributed by atoms with E-state index in [9.17, 15) is 0 Å². The number of nitrogens with zero attached hydrogens (tertiary/aromatic N) is 1. The Labute approximate surface area is 78.0 Å². The zero-order valence-electron chi connectivity index (χ0n) is 7.57. The van der Waals surface area contributed by atoms with Gasteiger partial charge in [-0.25, -0.2) is 0 Å². The summed E-state index contributed by atoms with van der Waals surface area (Å²) in [4.78, 5) is 0. The highest BCUT2D eigenvalue weighted by Crippen LogP contribution is 2.17. The lowest BCUT2D eigenvalue weighted by molar-refractivity contribution is 1.36. The minimum absolute atomic E-state index is 1.05. The number of benzene rings is 1. The van der Waals surface area contributed by atoms with Gasteiger partial charge in [0.05, 0.1) is 5.69 Å². The van der Waals surface area contributed by atoms with Gasteiger partial charge in [-0.3, -0.25) is 5.43 Å². The Balaban J connectivity index is 0.000000396. The first-order valence-corrected chi connectivity index (χ1v) is 4.09.